The average molecular weight is 203 g/mol. The van der Waals surface area contributed by atoms with Gasteiger partial charge in [0.1, 0.15) is 0 Å². The third kappa shape index (κ3) is 4.37. The molecule has 0 bridgehead atoms. The van der Waals surface area contributed by atoms with Gasteiger partial charge in [-0.1, -0.05) is 0 Å². The summed E-state index contributed by atoms with van der Waals surface area (Å²) in [5.74, 6) is 0. The molecule has 0 aromatic carbocycles. The maximum absolute atomic E-state index is 9.42. The van der Waals surface area contributed by atoms with E-state index in [1.807, 2.05) is 20.8 Å². The molecule has 0 aliphatic carbocycles. The lowest BCUT2D eigenvalue weighted by molar-refractivity contribution is -0.0669. The van der Waals surface area contributed by atoms with Crippen molar-refractivity contribution in [3.05, 3.63) is 0 Å². The summed E-state index contributed by atoms with van der Waals surface area (Å²) in [7, 11) is 0. The highest BCUT2D eigenvalue weighted by Crippen LogP contribution is 2.07. The van der Waals surface area contributed by atoms with Gasteiger partial charge in [-0.15, -0.1) is 0 Å². The summed E-state index contributed by atoms with van der Waals surface area (Å²) in [4.78, 5) is 0. The number of hydrogen-bond donors (Lipinski definition) is 2. The van der Waals surface area contributed by atoms with Crippen molar-refractivity contribution in [1.29, 1.82) is 0 Å². The van der Waals surface area contributed by atoms with Crippen LogP contribution < -0.4 is 5.32 Å². The molecule has 4 nitrogen and oxygen atoms in total. The third-order valence-corrected chi connectivity index (χ3v) is 2.08. The van der Waals surface area contributed by atoms with Crippen molar-refractivity contribution in [2.45, 2.75) is 38.6 Å². The Balaban J connectivity index is 2.04. The van der Waals surface area contributed by atoms with E-state index in [0.29, 0.717) is 19.8 Å². The minimum Gasteiger partial charge on any atom is -0.389 e. The molecule has 1 saturated heterocycles. The molecule has 1 rings (SSSR count). The van der Waals surface area contributed by atoms with Crippen LogP contribution in [0.2, 0.25) is 0 Å². The zero-order valence-electron chi connectivity index (χ0n) is 9.25. The fraction of sp³-hybridized carbons (Fsp3) is 1.00. The van der Waals surface area contributed by atoms with E-state index in [1.165, 1.54) is 0 Å². The largest absolute Gasteiger partial charge is 0.389 e. The first-order chi connectivity index (χ1) is 6.49. The Hall–Kier alpha value is -0.160. The second-order valence-corrected chi connectivity index (χ2v) is 4.60. The normalized spacial score (nSPS) is 28.3. The van der Waals surface area contributed by atoms with Crippen molar-refractivity contribution in [2.24, 2.45) is 0 Å². The molecule has 1 fully saturated rings. The van der Waals surface area contributed by atoms with Crippen molar-refractivity contribution in [2.75, 3.05) is 26.3 Å². The van der Waals surface area contributed by atoms with Crippen molar-refractivity contribution in [1.82, 2.24) is 5.32 Å². The fourth-order valence-electron chi connectivity index (χ4n) is 1.36. The molecule has 4 heteroatoms. The van der Waals surface area contributed by atoms with E-state index in [9.17, 15) is 5.11 Å². The molecular weight excluding hydrogens is 182 g/mol. The molecule has 0 saturated carbocycles. The van der Waals surface area contributed by atoms with Crippen LogP contribution in [0, 0.1) is 0 Å². The van der Waals surface area contributed by atoms with Crippen molar-refractivity contribution in [3.63, 3.8) is 0 Å². The molecule has 0 radical (unpaired) electrons. The van der Waals surface area contributed by atoms with Gasteiger partial charge in [0, 0.05) is 13.1 Å². The Morgan fingerprint density at radius 1 is 1.29 bits per heavy atom. The first-order valence-electron chi connectivity index (χ1n) is 5.13. The molecule has 0 amide bonds. The number of nitrogens with one attached hydrogen (secondary N) is 1. The lowest BCUT2D eigenvalue weighted by atomic mass is 10.2. The zero-order valence-corrected chi connectivity index (χ0v) is 9.25. The highest BCUT2D eigenvalue weighted by molar-refractivity contribution is 4.80. The van der Waals surface area contributed by atoms with Crippen LogP contribution >= 0.6 is 0 Å². The quantitative estimate of drug-likeness (QED) is 0.639. The predicted octanol–water partition coefficient (Wildman–Crippen LogP) is 0.151. The Kier molecular flexibility index (Phi) is 4.31. The van der Waals surface area contributed by atoms with E-state index in [1.54, 1.807) is 0 Å². The number of ether oxygens (including phenoxy) is 2. The number of aliphatic hydroxyl groups is 1. The van der Waals surface area contributed by atoms with Gasteiger partial charge in [0.25, 0.3) is 0 Å². The average Bonchev–Trinajstić information content (AvgIpc) is 2.44. The molecule has 0 aromatic rings. The molecule has 14 heavy (non-hydrogen) atoms. The smallest absolute Gasteiger partial charge is 0.0971 e. The summed E-state index contributed by atoms with van der Waals surface area (Å²) in [5, 5.41) is 12.5. The number of hydrogen-bond acceptors (Lipinski definition) is 4. The minimum atomic E-state index is -0.371. The maximum Gasteiger partial charge on any atom is 0.0971 e. The predicted molar refractivity (Wildman–Crippen MR) is 54.3 cm³/mol. The SMILES string of the molecule is CC(C)(C)OCCOC1CNCC1O. The second-order valence-electron chi connectivity index (χ2n) is 4.60. The Morgan fingerprint density at radius 2 is 2.00 bits per heavy atom. The van der Waals surface area contributed by atoms with Gasteiger partial charge in [0.15, 0.2) is 0 Å². The molecule has 2 atom stereocenters. The van der Waals surface area contributed by atoms with E-state index in [-0.39, 0.29) is 17.8 Å². The van der Waals surface area contributed by atoms with Gasteiger partial charge in [-0.25, -0.2) is 0 Å². The molecule has 1 heterocycles. The lowest BCUT2D eigenvalue weighted by Crippen LogP contribution is -2.29. The summed E-state index contributed by atoms with van der Waals surface area (Å²) >= 11 is 0. The fourth-order valence-corrected chi connectivity index (χ4v) is 1.36. The van der Waals surface area contributed by atoms with Gasteiger partial charge in [-0.05, 0) is 20.8 Å². The molecule has 2 N–H and O–H groups in total. The third-order valence-electron chi connectivity index (χ3n) is 2.08. The van der Waals surface area contributed by atoms with Gasteiger partial charge in [-0.2, -0.15) is 0 Å². The van der Waals surface area contributed by atoms with Gasteiger partial charge < -0.3 is 19.9 Å². The molecule has 1 aliphatic rings. The van der Waals surface area contributed by atoms with Crippen LogP contribution in [0.25, 0.3) is 0 Å². The Labute approximate surface area is 85.6 Å². The molecule has 1 aliphatic heterocycles. The Morgan fingerprint density at radius 3 is 2.50 bits per heavy atom. The highest BCUT2D eigenvalue weighted by atomic mass is 16.5. The molecule has 0 spiro atoms. The minimum absolute atomic E-state index is 0.0708. The van der Waals surface area contributed by atoms with E-state index in [0.717, 1.165) is 6.54 Å². The van der Waals surface area contributed by atoms with Gasteiger partial charge in [0.2, 0.25) is 0 Å². The van der Waals surface area contributed by atoms with Crippen molar-refractivity contribution >= 4 is 0 Å². The lowest BCUT2D eigenvalue weighted by Gasteiger charge is -2.21. The van der Waals surface area contributed by atoms with E-state index in [4.69, 9.17) is 9.47 Å². The van der Waals surface area contributed by atoms with E-state index >= 15 is 0 Å². The standard InChI is InChI=1S/C10H21NO3/c1-10(2,3)14-5-4-13-9-7-11-6-8(9)12/h8-9,11-12H,4-7H2,1-3H3. The van der Waals surface area contributed by atoms with E-state index < -0.39 is 0 Å². The van der Waals surface area contributed by atoms with E-state index in [2.05, 4.69) is 5.32 Å². The molecule has 84 valence electrons. The molecular formula is C10H21NO3. The molecule has 0 aromatic heterocycles. The number of rotatable bonds is 4. The zero-order chi connectivity index (χ0) is 10.6. The van der Waals surface area contributed by atoms with Crippen LogP contribution in [0.5, 0.6) is 0 Å². The van der Waals surface area contributed by atoms with Crippen LogP contribution in [0.3, 0.4) is 0 Å². The topological polar surface area (TPSA) is 50.7 Å². The second kappa shape index (κ2) is 5.07. The van der Waals surface area contributed by atoms with Crippen LogP contribution in [0.15, 0.2) is 0 Å². The van der Waals surface area contributed by atoms with Gasteiger partial charge in [0.05, 0.1) is 31.0 Å². The van der Waals surface area contributed by atoms with Crippen molar-refractivity contribution < 1.29 is 14.6 Å². The summed E-state index contributed by atoms with van der Waals surface area (Å²) < 4.78 is 11.0. The van der Waals surface area contributed by atoms with Crippen LogP contribution in [0.1, 0.15) is 20.8 Å². The first-order valence-corrected chi connectivity index (χ1v) is 5.13. The summed E-state index contributed by atoms with van der Waals surface area (Å²) in [6.45, 7) is 8.52. The Bertz CT molecular complexity index is 167. The van der Waals surface area contributed by atoms with Crippen LogP contribution in [-0.4, -0.2) is 49.2 Å². The van der Waals surface area contributed by atoms with Crippen molar-refractivity contribution in [3.8, 4) is 0 Å². The maximum atomic E-state index is 9.42. The monoisotopic (exact) mass is 203 g/mol. The van der Waals surface area contributed by atoms with Crippen LogP contribution in [0.4, 0.5) is 0 Å². The number of aliphatic hydroxyl groups excluding tert-OH is 1. The van der Waals surface area contributed by atoms with Gasteiger partial charge in [-0.3, -0.25) is 0 Å². The summed E-state index contributed by atoms with van der Waals surface area (Å²) in [5.41, 5.74) is -0.115. The summed E-state index contributed by atoms with van der Waals surface area (Å²) in [6, 6.07) is 0. The highest BCUT2D eigenvalue weighted by Gasteiger charge is 2.25. The van der Waals surface area contributed by atoms with Gasteiger partial charge >= 0.3 is 0 Å². The summed E-state index contributed by atoms with van der Waals surface area (Å²) in [6.07, 6.45) is -0.441. The molecule has 2 unspecified atom stereocenters. The van der Waals surface area contributed by atoms with Crippen LogP contribution in [-0.2, 0) is 9.47 Å². The first kappa shape index (κ1) is 11.9. The number of β-amino-alcohol motifs (C(OH)–C–C–N with tert-alkyl or cyclic N) is 1.